The van der Waals surface area contributed by atoms with Gasteiger partial charge in [0, 0.05) is 31.2 Å². The van der Waals surface area contributed by atoms with Crippen molar-refractivity contribution >= 4 is 0 Å². The van der Waals surface area contributed by atoms with Crippen molar-refractivity contribution in [2.45, 2.75) is 65.1 Å². The standard InChI is InChI=1S/C19H32N2/c1-5-10-18-14-21(16(4)15(3)6-2)19(13-20-18)17-11-8-7-9-12-17/h7-9,11-12,15-16,18-20H,5-6,10,13-14H2,1-4H3. The minimum atomic E-state index is 0.517. The lowest BCUT2D eigenvalue weighted by atomic mass is 9.92. The maximum atomic E-state index is 3.77. The average molecular weight is 288 g/mol. The van der Waals surface area contributed by atoms with Crippen LogP contribution in [0.5, 0.6) is 0 Å². The first-order chi connectivity index (χ1) is 10.2. The van der Waals surface area contributed by atoms with Crippen LogP contribution in [0.1, 0.15) is 58.6 Å². The first-order valence-electron chi connectivity index (χ1n) is 8.71. The summed E-state index contributed by atoms with van der Waals surface area (Å²) in [6.07, 6.45) is 3.80. The van der Waals surface area contributed by atoms with Crippen LogP contribution in [0.3, 0.4) is 0 Å². The van der Waals surface area contributed by atoms with Crippen molar-refractivity contribution in [3.63, 3.8) is 0 Å². The van der Waals surface area contributed by atoms with Gasteiger partial charge in [0.15, 0.2) is 0 Å². The van der Waals surface area contributed by atoms with Gasteiger partial charge in [-0.1, -0.05) is 63.9 Å². The SMILES string of the molecule is CCCC1CN(C(C)C(C)CC)C(c2ccccc2)CN1. The van der Waals surface area contributed by atoms with E-state index < -0.39 is 0 Å². The summed E-state index contributed by atoms with van der Waals surface area (Å²) in [6, 6.07) is 12.8. The summed E-state index contributed by atoms with van der Waals surface area (Å²) >= 11 is 0. The Morgan fingerprint density at radius 3 is 2.52 bits per heavy atom. The van der Waals surface area contributed by atoms with Crippen molar-refractivity contribution in [1.29, 1.82) is 0 Å². The minimum absolute atomic E-state index is 0.517. The number of hydrogen-bond acceptors (Lipinski definition) is 2. The minimum Gasteiger partial charge on any atom is -0.311 e. The average Bonchev–Trinajstić information content (AvgIpc) is 2.54. The first-order valence-corrected chi connectivity index (χ1v) is 8.71. The van der Waals surface area contributed by atoms with Crippen LogP contribution >= 0.6 is 0 Å². The van der Waals surface area contributed by atoms with Gasteiger partial charge in [0.25, 0.3) is 0 Å². The van der Waals surface area contributed by atoms with Gasteiger partial charge in [0.2, 0.25) is 0 Å². The second-order valence-electron chi connectivity index (χ2n) is 6.64. The molecule has 0 aromatic heterocycles. The van der Waals surface area contributed by atoms with Crippen LogP contribution in [0.4, 0.5) is 0 Å². The molecule has 0 bridgehead atoms. The number of hydrogen-bond donors (Lipinski definition) is 1. The van der Waals surface area contributed by atoms with Gasteiger partial charge in [-0.2, -0.15) is 0 Å². The fraction of sp³-hybridized carbons (Fsp3) is 0.684. The van der Waals surface area contributed by atoms with Crippen LogP contribution in [0.2, 0.25) is 0 Å². The molecule has 4 atom stereocenters. The van der Waals surface area contributed by atoms with Crippen LogP contribution in [0, 0.1) is 5.92 Å². The summed E-state index contributed by atoms with van der Waals surface area (Å²) in [6.45, 7) is 11.7. The Balaban J connectivity index is 2.17. The Hall–Kier alpha value is -0.860. The zero-order valence-electron chi connectivity index (χ0n) is 14.2. The Kier molecular flexibility index (Phi) is 6.25. The highest BCUT2D eigenvalue weighted by Crippen LogP contribution is 2.29. The number of rotatable bonds is 6. The second kappa shape index (κ2) is 7.95. The molecule has 1 heterocycles. The fourth-order valence-corrected chi connectivity index (χ4v) is 3.49. The van der Waals surface area contributed by atoms with Gasteiger partial charge in [-0.25, -0.2) is 0 Å². The number of nitrogens with zero attached hydrogens (tertiary/aromatic N) is 1. The van der Waals surface area contributed by atoms with Gasteiger partial charge in [0.05, 0.1) is 0 Å². The Morgan fingerprint density at radius 2 is 1.90 bits per heavy atom. The van der Waals surface area contributed by atoms with Crippen molar-refractivity contribution < 1.29 is 0 Å². The highest BCUT2D eigenvalue weighted by molar-refractivity contribution is 5.20. The molecule has 1 aromatic carbocycles. The molecule has 2 rings (SSSR count). The van der Waals surface area contributed by atoms with E-state index in [0.717, 1.165) is 12.5 Å². The van der Waals surface area contributed by atoms with Crippen LogP contribution in [0.15, 0.2) is 30.3 Å². The van der Waals surface area contributed by atoms with Gasteiger partial charge in [-0.05, 0) is 24.8 Å². The Morgan fingerprint density at radius 1 is 1.19 bits per heavy atom. The molecule has 0 spiro atoms. The van der Waals surface area contributed by atoms with Crippen LogP contribution in [-0.4, -0.2) is 30.1 Å². The highest BCUT2D eigenvalue weighted by atomic mass is 15.3. The summed E-state index contributed by atoms with van der Waals surface area (Å²) in [5.74, 6) is 0.747. The molecule has 1 saturated heterocycles. The molecular weight excluding hydrogens is 256 g/mol. The molecule has 21 heavy (non-hydrogen) atoms. The number of benzene rings is 1. The second-order valence-corrected chi connectivity index (χ2v) is 6.64. The number of piperazine rings is 1. The van der Waals surface area contributed by atoms with E-state index in [4.69, 9.17) is 0 Å². The van der Waals surface area contributed by atoms with E-state index in [1.54, 1.807) is 0 Å². The Labute approximate surface area is 130 Å². The molecule has 2 heteroatoms. The molecule has 0 amide bonds. The van der Waals surface area contributed by atoms with Crippen molar-refractivity contribution in [3.8, 4) is 0 Å². The van der Waals surface area contributed by atoms with E-state index >= 15 is 0 Å². The van der Waals surface area contributed by atoms with Crippen LogP contribution < -0.4 is 5.32 Å². The van der Waals surface area contributed by atoms with Crippen molar-refractivity contribution in [2.75, 3.05) is 13.1 Å². The summed E-state index contributed by atoms with van der Waals surface area (Å²) < 4.78 is 0. The molecule has 2 nitrogen and oxygen atoms in total. The summed E-state index contributed by atoms with van der Waals surface area (Å²) in [7, 11) is 0. The monoisotopic (exact) mass is 288 g/mol. The third-order valence-corrected chi connectivity index (χ3v) is 5.24. The molecule has 4 unspecified atom stereocenters. The molecule has 1 fully saturated rings. The lowest BCUT2D eigenvalue weighted by Gasteiger charge is -2.45. The topological polar surface area (TPSA) is 15.3 Å². The number of nitrogens with one attached hydrogen (secondary N) is 1. The predicted molar refractivity (Wildman–Crippen MR) is 91.5 cm³/mol. The third-order valence-electron chi connectivity index (χ3n) is 5.24. The van der Waals surface area contributed by atoms with Gasteiger partial charge in [-0.3, -0.25) is 4.90 Å². The maximum Gasteiger partial charge on any atom is 0.0476 e. The van der Waals surface area contributed by atoms with E-state index in [9.17, 15) is 0 Å². The van der Waals surface area contributed by atoms with Crippen molar-refractivity contribution in [1.82, 2.24) is 10.2 Å². The smallest absolute Gasteiger partial charge is 0.0476 e. The summed E-state index contributed by atoms with van der Waals surface area (Å²) in [5, 5.41) is 3.77. The molecule has 118 valence electrons. The van der Waals surface area contributed by atoms with Crippen LogP contribution in [0.25, 0.3) is 0 Å². The molecule has 0 aliphatic carbocycles. The van der Waals surface area contributed by atoms with E-state index in [1.165, 1.54) is 31.4 Å². The van der Waals surface area contributed by atoms with E-state index in [1.807, 2.05) is 0 Å². The zero-order valence-corrected chi connectivity index (χ0v) is 14.2. The lowest BCUT2D eigenvalue weighted by Crippen LogP contribution is -2.56. The van der Waals surface area contributed by atoms with Gasteiger partial charge < -0.3 is 5.32 Å². The molecule has 1 N–H and O–H groups in total. The van der Waals surface area contributed by atoms with Gasteiger partial charge in [0.1, 0.15) is 0 Å². The highest BCUT2D eigenvalue weighted by Gasteiger charge is 2.33. The largest absolute Gasteiger partial charge is 0.311 e. The lowest BCUT2D eigenvalue weighted by molar-refractivity contribution is 0.0597. The first kappa shape index (κ1) is 16.5. The third kappa shape index (κ3) is 4.08. The van der Waals surface area contributed by atoms with E-state index in [2.05, 4.69) is 68.2 Å². The maximum absolute atomic E-state index is 3.77. The van der Waals surface area contributed by atoms with Crippen LogP contribution in [-0.2, 0) is 0 Å². The molecule has 1 aliphatic rings. The predicted octanol–water partition coefficient (Wildman–Crippen LogP) is 4.24. The van der Waals surface area contributed by atoms with E-state index in [-0.39, 0.29) is 0 Å². The molecule has 0 radical (unpaired) electrons. The summed E-state index contributed by atoms with van der Waals surface area (Å²) in [4.78, 5) is 2.75. The zero-order chi connectivity index (χ0) is 15.2. The van der Waals surface area contributed by atoms with Crippen molar-refractivity contribution in [2.24, 2.45) is 5.92 Å². The molecule has 1 aliphatic heterocycles. The molecule has 0 saturated carbocycles. The van der Waals surface area contributed by atoms with E-state index in [0.29, 0.717) is 18.1 Å². The van der Waals surface area contributed by atoms with Gasteiger partial charge >= 0.3 is 0 Å². The quantitative estimate of drug-likeness (QED) is 0.842. The van der Waals surface area contributed by atoms with Crippen molar-refractivity contribution in [3.05, 3.63) is 35.9 Å². The van der Waals surface area contributed by atoms with Gasteiger partial charge in [-0.15, -0.1) is 0 Å². The summed E-state index contributed by atoms with van der Waals surface area (Å²) in [5.41, 5.74) is 1.45. The Bertz CT molecular complexity index is 403. The normalized spacial score (nSPS) is 26.5. The molecular formula is C19H32N2. The fourth-order valence-electron chi connectivity index (χ4n) is 3.49. The molecule has 1 aromatic rings.